The molecular weight excluding hydrogens is 196 g/mol. The zero-order valence-electron chi connectivity index (χ0n) is 9.12. The van der Waals surface area contributed by atoms with E-state index in [9.17, 15) is 9.59 Å². The lowest BCUT2D eigenvalue weighted by Gasteiger charge is -2.26. The summed E-state index contributed by atoms with van der Waals surface area (Å²) < 4.78 is 5.14. The van der Waals surface area contributed by atoms with Crippen LogP contribution in [0.4, 0.5) is 0 Å². The highest BCUT2D eigenvalue weighted by Crippen LogP contribution is 2.00. The van der Waals surface area contributed by atoms with Crippen LogP contribution in [0.3, 0.4) is 0 Å². The van der Waals surface area contributed by atoms with E-state index >= 15 is 0 Å². The number of piperazine rings is 1. The quantitative estimate of drug-likeness (QED) is 0.643. The van der Waals surface area contributed by atoms with Crippen LogP contribution in [-0.4, -0.2) is 49.6 Å². The van der Waals surface area contributed by atoms with Gasteiger partial charge in [0.15, 0.2) is 0 Å². The van der Waals surface area contributed by atoms with E-state index in [1.165, 1.54) is 0 Å². The topological polar surface area (TPSA) is 58.6 Å². The molecule has 0 aromatic heterocycles. The number of hydrogen-bond donors (Lipinski definition) is 1. The van der Waals surface area contributed by atoms with Crippen molar-refractivity contribution in [1.29, 1.82) is 0 Å². The Morgan fingerprint density at radius 2 is 2.40 bits per heavy atom. The Labute approximate surface area is 89.8 Å². The second-order valence-electron chi connectivity index (χ2n) is 3.47. The van der Waals surface area contributed by atoms with Gasteiger partial charge in [-0.3, -0.25) is 9.59 Å². The number of nitrogens with zero attached hydrogens (tertiary/aromatic N) is 1. The maximum Gasteiger partial charge on any atom is 0.239 e. The number of ether oxygens (including phenoxy) is 1. The molecule has 1 aliphatic rings. The molecule has 1 fully saturated rings. The summed E-state index contributed by atoms with van der Waals surface area (Å²) in [5, 5.41) is 2.69. The van der Waals surface area contributed by atoms with Gasteiger partial charge in [-0.05, 0) is 13.3 Å². The highest BCUT2D eigenvalue weighted by molar-refractivity contribution is 5.85. The molecule has 86 valence electrons. The highest BCUT2D eigenvalue weighted by atomic mass is 16.5. The normalized spacial score (nSPS) is 16.3. The van der Waals surface area contributed by atoms with Crippen LogP contribution in [0.25, 0.3) is 0 Å². The van der Waals surface area contributed by atoms with E-state index in [0.29, 0.717) is 32.7 Å². The molecule has 0 aliphatic carbocycles. The van der Waals surface area contributed by atoms with Gasteiger partial charge in [-0.2, -0.15) is 0 Å². The molecule has 0 unspecified atom stereocenters. The molecule has 0 radical (unpaired) electrons. The molecule has 0 bridgehead atoms. The summed E-state index contributed by atoms with van der Waals surface area (Å²) in [4.78, 5) is 24.2. The summed E-state index contributed by atoms with van der Waals surface area (Å²) in [6.45, 7) is 4.61. The first-order chi connectivity index (χ1) is 7.24. The summed E-state index contributed by atoms with van der Waals surface area (Å²) >= 11 is 0. The molecule has 0 atom stereocenters. The molecule has 2 amide bonds. The van der Waals surface area contributed by atoms with Crippen LogP contribution in [0.1, 0.15) is 19.8 Å². The largest absolute Gasteiger partial charge is 0.382 e. The molecule has 0 aromatic carbocycles. The maximum absolute atomic E-state index is 11.6. The molecule has 1 aliphatic heterocycles. The monoisotopic (exact) mass is 214 g/mol. The number of carbonyl (C=O) groups is 2. The Kier molecular flexibility index (Phi) is 5.10. The van der Waals surface area contributed by atoms with Gasteiger partial charge in [0, 0.05) is 32.7 Å². The Balaban J connectivity index is 2.18. The van der Waals surface area contributed by atoms with E-state index in [1.54, 1.807) is 4.90 Å². The predicted molar refractivity (Wildman–Crippen MR) is 55.3 cm³/mol. The average Bonchev–Trinajstić information content (AvgIpc) is 2.24. The van der Waals surface area contributed by atoms with E-state index in [-0.39, 0.29) is 18.4 Å². The SMILES string of the molecule is CCOCCCC(=O)N1CCNC(=O)C1. The Morgan fingerprint density at radius 3 is 3.07 bits per heavy atom. The molecule has 1 rings (SSSR count). The number of carbonyl (C=O) groups excluding carboxylic acids is 2. The van der Waals surface area contributed by atoms with Crippen molar-refractivity contribution in [3.05, 3.63) is 0 Å². The van der Waals surface area contributed by atoms with Crippen LogP contribution in [0.15, 0.2) is 0 Å². The minimum atomic E-state index is -0.0700. The van der Waals surface area contributed by atoms with Crippen molar-refractivity contribution in [2.45, 2.75) is 19.8 Å². The number of amides is 2. The van der Waals surface area contributed by atoms with Gasteiger partial charge >= 0.3 is 0 Å². The minimum Gasteiger partial charge on any atom is -0.382 e. The van der Waals surface area contributed by atoms with Crippen molar-refractivity contribution in [3.63, 3.8) is 0 Å². The van der Waals surface area contributed by atoms with Gasteiger partial charge in [-0.1, -0.05) is 0 Å². The van der Waals surface area contributed by atoms with Gasteiger partial charge in [0.2, 0.25) is 11.8 Å². The van der Waals surface area contributed by atoms with Gasteiger partial charge < -0.3 is 15.0 Å². The van der Waals surface area contributed by atoms with Crippen molar-refractivity contribution >= 4 is 11.8 Å². The third-order valence-corrected chi connectivity index (χ3v) is 2.27. The van der Waals surface area contributed by atoms with Gasteiger partial charge in [-0.25, -0.2) is 0 Å². The summed E-state index contributed by atoms with van der Waals surface area (Å²) in [7, 11) is 0. The molecular formula is C10H18N2O3. The highest BCUT2D eigenvalue weighted by Gasteiger charge is 2.20. The fraction of sp³-hybridized carbons (Fsp3) is 0.800. The van der Waals surface area contributed by atoms with E-state index in [1.807, 2.05) is 6.92 Å². The molecule has 0 saturated carbocycles. The number of hydrogen-bond acceptors (Lipinski definition) is 3. The number of rotatable bonds is 5. The fourth-order valence-corrected chi connectivity index (χ4v) is 1.48. The van der Waals surface area contributed by atoms with Gasteiger partial charge in [0.1, 0.15) is 0 Å². The lowest BCUT2D eigenvalue weighted by Crippen LogP contribution is -2.49. The smallest absolute Gasteiger partial charge is 0.239 e. The van der Waals surface area contributed by atoms with Crippen molar-refractivity contribution in [3.8, 4) is 0 Å². The Morgan fingerprint density at radius 1 is 1.60 bits per heavy atom. The van der Waals surface area contributed by atoms with Crippen LogP contribution in [0.2, 0.25) is 0 Å². The Bertz CT molecular complexity index is 231. The second kappa shape index (κ2) is 6.40. The molecule has 1 heterocycles. The average molecular weight is 214 g/mol. The summed E-state index contributed by atoms with van der Waals surface area (Å²) in [6, 6.07) is 0. The molecule has 15 heavy (non-hydrogen) atoms. The van der Waals surface area contributed by atoms with Crippen molar-refractivity contribution in [2.24, 2.45) is 0 Å². The number of nitrogens with one attached hydrogen (secondary N) is 1. The molecule has 1 N–H and O–H groups in total. The van der Waals surface area contributed by atoms with Crippen LogP contribution >= 0.6 is 0 Å². The van der Waals surface area contributed by atoms with E-state index < -0.39 is 0 Å². The first-order valence-corrected chi connectivity index (χ1v) is 5.36. The zero-order chi connectivity index (χ0) is 11.1. The maximum atomic E-state index is 11.6. The van der Waals surface area contributed by atoms with Crippen LogP contribution in [0, 0.1) is 0 Å². The molecule has 0 aromatic rings. The van der Waals surface area contributed by atoms with Crippen molar-refractivity contribution in [1.82, 2.24) is 10.2 Å². The van der Waals surface area contributed by atoms with Crippen molar-refractivity contribution < 1.29 is 14.3 Å². The zero-order valence-corrected chi connectivity index (χ0v) is 9.12. The van der Waals surface area contributed by atoms with Gasteiger partial charge in [0.25, 0.3) is 0 Å². The summed E-state index contributed by atoms with van der Waals surface area (Å²) in [6.07, 6.45) is 1.19. The van der Waals surface area contributed by atoms with E-state index in [0.717, 1.165) is 6.42 Å². The molecule has 5 nitrogen and oxygen atoms in total. The Hall–Kier alpha value is -1.10. The van der Waals surface area contributed by atoms with Crippen molar-refractivity contribution in [2.75, 3.05) is 32.8 Å². The lowest BCUT2D eigenvalue weighted by atomic mass is 10.2. The van der Waals surface area contributed by atoms with Crippen LogP contribution in [-0.2, 0) is 14.3 Å². The second-order valence-corrected chi connectivity index (χ2v) is 3.47. The standard InChI is InChI=1S/C10H18N2O3/c1-2-15-7-3-4-10(14)12-6-5-11-9(13)8-12/h2-8H2,1H3,(H,11,13). The third kappa shape index (κ3) is 4.29. The fourth-order valence-electron chi connectivity index (χ4n) is 1.48. The van der Waals surface area contributed by atoms with E-state index in [4.69, 9.17) is 4.74 Å². The minimum absolute atomic E-state index is 0.0459. The van der Waals surface area contributed by atoms with Crippen LogP contribution in [0.5, 0.6) is 0 Å². The van der Waals surface area contributed by atoms with Gasteiger partial charge in [0.05, 0.1) is 6.54 Å². The summed E-state index contributed by atoms with van der Waals surface area (Å²) in [5.41, 5.74) is 0. The van der Waals surface area contributed by atoms with Gasteiger partial charge in [-0.15, -0.1) is 0 Å². The first kappa shape index (κ1) is 12.0. The molecule has 1 saturated heterocycles. The van der Waals surface area contributed by atoms with E-state index in [2.05, 4.69) is 5.32 Å². The predicted octanol–water partition coefficient (Wildman–Crippen LogP) is -0.238. The first-order valence-electron chi connectivity index (χ1n) is 5.36. The molecule has 0 spiro atoms. The summed E-state index contributed by atoms with van der Waals surface area (Å²) in [5.74, 6) is -0.0241. The third-order valence-electron chi connectivity index (χ3n) is 2.27. The molecule has 5 heteroatoms. The lowest BCUT2D eigenvalue weighted by molar-refractivity contribution is -0.138. The van der Waals surface area contributed by atoms with Crippen LogP contribution < -0.4 is 5.32 Å².